The van der Waals surface area contributed by atoms with Gasteiger partial charge in [0.2, 0.25) is 0 Å². The quantitative estimate of drug-likeness (QED) is 0.215. The van der Waals surface area contributed by atoms with Gasteiger partial charge in [-0.15, -0.1) is 13.2 Å². The van der Waals surface area contributed by atoms with Crippen LogP contribution in [0.3, 0.4) is 0 Å². The Kier molecular flexibility index (Phi) is 10.1. The van der Waals surface area contributed by atoms with Crippen molar-refractivity contribution in [2.45, 2.75) is 121 Å². The van der Waals surface area contributed by atoms with Gasteiger partial charge in [0, 0.05) is 5.56 Å². The fraction of sp³-hybridized carbons (Fsp3) is 0.611. The highest BCUT2D eigenvalue weighted by molar-refractivity contribution is 5.67. The number of rotatable bonds is 9. The second-order valence-electron chi connectivity index (χ2n) is 12.9. The average molecular weight is 571 g/mol. The zero-order valence-electron chi connectivity index (χ0n) is 24.5. The van der Waals surface area contributed by atoms with Crippen LogP contribution in [0.15, 0.2) is 48.5 Å². The number of allylic oxidation sites excluding steroid dienone is 2. The van der Waals surface area contributed by atoms with Crippen molar-refractivity contribution in [1.29, 1.82) is 0 Å². The lowest BCUT2D eigenvalue weighted by Crippen LogP contribution is -2.25. The zero-order chi connectivity index (χ0) is 28.8. The summed E-state index contributed by atoms with van der Waals surface area (Å²) >= 11 is 0. The first-order valence-electron chi connectivity index (χ1n) is 16.1. The minimum atomic E-state index is -4.68. The lowest BCUT2D eigenvalue weighted by atomic mass is 9.68. The van der Waals surface area contributed by atoms with Crippen LogP contribution in [0.25, 0.3) is 5.57 Å². The van der Waals surface area contributed by atoms with Gasteiger partial charge in [0.1, 0.15) is 11.6 Å². The summed E-state index contributed by atoms with van der Waals surface area (Å²) in [5.41, 5.74) is 3.88. The summed E-state index contributed by atoms with van der Waals surface area (Å²) in [5, 5.41) is 0. The Bertz CT molecular complexity index is 1140. The van der Waals surface area contributed by atoms with Crippen molar-refractivity contribution in [2.24, 2.45) is 17.8 Å². The van der Waals surface area contributed by atoms with E-state index >= 15 is 4.39 Å². The fourth-order valence-electron chi connectivity index (χ4n) is 7.92. The molecule has 0 N–H and O–H groups in total. The molecule has 3 aliphatic carbocycles. The minimum absolute atomic E-state index is 0.121. The number of unbranched alkanes of at least 4 members (excludes halogenated alkanes) is 2. The van der Waals surface area contributed by atoms with Crippen molar-refractivity contribution in [3.05, 3.63) is 71.0 Å². The molecule has 5 heteroatoms. The maximum absolute atomic E-state index is 15.4. The molecule has 224 valence electrons. The van der Waals surface area contributed by atoms with Crippen molar-refractivity contribution in [1.82, 2.24) is 0 Å². The van der Waals surface area contributed by atoms with Gasteiger partial charge in [-0.3, -0.25) is 0 Å². The van der Waals surface area contributed by atoms with E-state index in [1.54, 1.807) is 18.2 Å². The van der Waals surface area contributed by atoms with Crippen molar-refractivity contribution in [3.8, 4) is 5.75 Å². The second-order valence-corrected chi connectivity index (χ2v) is 12.9. The van der Waals surface area contributed by atoms with E-state index in [0.29, 0.717) is 11.5 Å². The van der Waals surface area contributed by atoms with Gasteiger partial charge < -0.3 is 4.74 Å². The third-order valence-corrected chi connectivity index (χ3v) is 10.4. The van der Waals surface area contributed by atoms with Crippen molar-refractivity contribution in [2.75, 3.05) is 0 Å². The summed E-state index contributed by atoms with van der Waals surface area (Å²) in [6.45, 7) is 2.29. The first-order valence-corrected chi connectivity index (χ1v) is 16.1. The molecule has 5 rings (SSSR count). The molecule has 2 fully saturated rings. The van der Waals surface area contributed by atoms with Crippen molar-refractivity contribution >= 4 is 5.57 Å². The molecule has 1 atom stereocenters. The third kappa shape index (κ3) is 8.17. The maximum atomic E-state index is 15.4. The molecule has 2 aromatic rings. The molecular formula is C36H46F4O. The van der Waals surface area contributed by atoms with Gasteiger partial charge in [-0.25, -0.2) is 4.39 Å². The van der Waals surface area contributed by atoms with Crippen LogP contribution in [-0.2, 0) is 0 Å². The summed E-state index contributed by atoms with van der Waals surface area (Å²) in [6.07, 6.45) is 15.9. The molecule has 41 heavy (non-hydrogen) atoms. The molecule has 0 spiro atoms. The number of halogens is 4. The van der Waals surface area contributed by atoms with E-state index in [0.717, 1.165) is 53.7 Å². The first-order chi connectivity index (χ1) is 19.8. The van der Waals surface area contributed by atoms with Gasteiger partial charge in [-0.05, 0) is 122 Å². The molecule has 0 radical (unpaired) electrons. The standard InChI is InChI=1S/C36H46F4O/c1-2-3-4-5-25-6-8-26(9-7-25)27-10-12-30(13-11-27)32-20-23-34(35(37)24-32)31-16-14-28(15-17-31)29-18-21-33(22-19-29)41-36(38,39)40/h16,18-28,30H,2-15,17H2,1H3/t25?,26?,27-,28?,30-. The Morgan fingerprint density at radius 3 is 2.00 bits per heavy atom. The van der Waals surface area contributed by atoms with E-state index in [-0.39, 0.29) is 17.5 Å². The molecule has 0 bridgehead atoms. The number of benzene rings is 2. The molecule has 1 unspecified atom stereocenters. The van der Waals surface area contributed by atoms with Gasteiger partial charge >= 0.3 is 6.36 Å². The van der Waals surface area contributed by atoms with Crippen molar-refractivity contribution < 1.29 is 22.3 Å². The Morgan fingerprint density at radius 2 is 1.41 bits per heavy atom. The molecular weight excluding hydrogens is 524 g/mol. The van der Waals surface area contributed by atoms with Gasteiger partial charge in [0.15, 0.2) is 0 Å². The molecule has 0 aromatic heterocycles. The fourth-order valence-corrected chi connectivity index (χ4v) is 7.92. The van der Waals surface area contributed by atoms with Gasteiger partial charge in [-0.2, -0.15) is 0 Å². The smallest absolute Gasteiger partial charge is 0.406 e. The number of hydrogen-bond donors (Lipinski definition) is 0. The van der Waals surface area contributed by atoms with Gasteiger partial charge in [0.25, 0.3) is 0 Å². The van der Waals surface area contributed by atoms with E-state index in [4.69, 9.17) is 0 Å². The number of hydrogen-bond acceptors (Lipinski definition) is 1. The number of ether oxygens (including phenoxy) is 1. The summed E-state index contributed by atoms with van der Waals surface area (Å²) in [6, 6.07) is 12.1. The molecule has 0 aliphatic heterocycles. The van der Waals surface area contributed by atoms with Crippen LogP contribution in [-0.4, -0.2) is 6.36 Å². The van der Waals surface area contributed by atoms with Gasteiger partial charge in [-0.1, -0.05) is 75.8 Å². The van der Waals surface area contributed by atoms with E-state index in [1.165, 1.54) is 89.2 Å². The van der Waals surface area contributed by atoms with Crippen LogP contribution in [0.2, 0.25) is 0 Å². The predicted octanol–water partition coefficient (Wildman–Crippen LogP) is 11.7. The van der Waals surface area contributed by atoms with Crippen molar-refractivity contribution in [3.63, 3.8) is 0 Å². The Labute approximate surface area is 243 Å². The van der Waals surface area contributed by atoms with Crippen LogP contribution in [0.4, 0.5) is 17.6 Å². The lowest BCUT2D eigenvalue weighted by molar-refractivity contribution is -0.274. The predicted molar refractivity (Wildman–Crippen MR) is 158 cm³/mol. The maximum Gasteiger partial charge on any atom is 0.573 e. The lowest BCUT2D eigenvalue weighted by Gasteiger charge is -2.38. The van der Waals surface area contributed by atoms with Crippen LogP contribution < -0.4 is 4.74 Å². The third-order valence-electron chi connectivity index (χ3n) is 10.4. The van der Waals surface area contributed by atoms with E-state index in [1.807, 2.05) is 6.07 Å². The normalized spacial score (nSPS) is 27.3. The zero-order valence-corrected chi connectivity index (χ0v) is 24.5. The average Bonchev–Trinajstić information content (AvgIpc) is 2.97. The van der Waals surface area contributed by atoms with Crippen LogP contribution >= 0.6 is 0 Å². The molecule has 1 nitrogen and oxygen atoms in total. The highest BCUT2D eigenvalue weighted by atomic mass is 19.4. The van der Waals surface area contributed by atoms with Gasteiger partial charge in [0.05, 0.1) is 0 Å². The van der Waals surface area contributed by atoms with E-state index < -0.39 is 6.36 Å². The summed E-state index contributed by atoms with van der Waals surface area (Å²) < 4.78 is 56.7. The van der Waals surface area contributed by atoms with E-state index in [2.05, 4.69) is 23.8 Å². The highest BCUT2D eigenvalue weighted by Gasteiger charge is 2.32. The van der Waals surface area contributed by atoms with Crippen LogP contribution in [0.1, 0.15) is 132 Å². The molecule has 3 aliphatic rings. The largest absolute Gasteiger partial charge is 0.573 e. The Hall–Kier alpha value is -2.30. The Morgan fingerprint density at radius 1 is 0.756 bits per heavy atom. The summed E-state index contributed by atoms with van der Waals surface area (Å²) in [5.74, 6) is 3.09. The topological polar surface area (TPSA) is 9.23 Å². The molecule has 2 saturated carbocycles. The number of alkyl halides is 3. The molecule has 0 saturated heterocycles. The SMILES string of the molecule is CCCCCC1CCC([C@H]2CC[C@H](c3ccc(C4=CCC(c5ccc(OC(F)(F)F)cc5)CC4)c(F)c3)CC2)CC1. The first kappa shape index (κ1) is 30.2. The monoisotopic (exact) mass is 570 g/mol. The summed E-state index contributed by atoms with van der Waals surface area (Å²) in [7, 11) is 0. The van der Waals surface area contributed by atoms with Crippen LogP contribution in [0.5, 0.6) is 5.75 Å². The molecule has 2 aromatic carbocycles. The summed E-state index contributed by atoms with van der Waals surface area (Å²) in [4.78, 5) is 0. The molecule has 0 amide bonds. The minimum Gasteiger partial charge on any atom is -0.406 e. The van der Waals surface area contributed by atoms with Crippen LogP contribution in [0, 0.1) is 23.6 Å². The highest BCUT2D eigenvalue weighted by Crippen LogP contribution is 2.45. The molecule has 0 heterocycles. The van der Waals surface area contributed by atoms with E-state index in [9.17, 15) is 13.2 Å². The second kappa shape index (κ2) is 13.8. The Balaban J connectivity index is 1.11.